The quantitative estimate of drug-likeness (QED) is 0.513. The lowest BCUT2D eigenvalue weighted by Crippen LogP contribution is -2.51. The van der Waals surface area contributed by atoms with E-state index < -0.39 is 6.04 Å². The lowest BCUT2D eigenvalue weighted by atomic mass is 10.1. The summed E-state index contributed by atoms with van der Waals surface area (Å²) in [6.07, 6.45) is 0. The predicted octanol–water partition coefficient (Wildman–Crippen LogP) is 4.64. The number of hydrogen-bond donors (Lipinski definition) is 1. The third-order valence-corrected chi connectivity index (χ3v) is 6.31. The SMILES string of the molecule is CC(C)CNC(=O)C(C)N(Cc1ccc(Cl)cc1)C(=O)CN1C(=O)c2cccc3cccc1c23. The van der Waals surface area contributed by atoms with Gasteiger partial charge in [-0.05, 0) is 48.1 Å². The Morgan fingerprint density at radius 1 is 1.00 bits per heavy atom. The number of anilines is 1. The van der Waals surface area contributed by atoms with E-state index in [2.05, 4.69) is 5.32 Å². The average molecular weight is 478 g/mol. The molecule has 0 fully saturated rings. The van der Waals surface area contributed by atoms with E-state index in [1.807, 2.05) is 56.3 Å². The lowest BCUT2D eigenvalue weighted by molar-refractivity contribution is -0.139. The molecule has 1 unspecified atom stereocenters. The molecule has 7 heteroatoms. The van der Waals surface area contributed by atoms with Crippen LogP contribution < -0.4 is 10.2 Å². The van der Waals surface area contributed by atoms with E-state index in [9.17, 15) is 14.4 Å². The molecule has 1 heterocycles. The van der Waals surface area contributed by atoms with Gasteiger partial charge in [-0.1, -0.05) is 61.8 Å². The van der Waals surface area contributed by atoms with Crippen LogP contribution in [0.15, 0.2) is 60.7 Å². The molecule has 3 aromatic rings. The molecule has 0 radical (unpaired) electrons. The Morgan fingerprint density at radius 3 is 2.35 bits per heavy atom. The second-order valence-corrected chi connectivity index (χ2v) is 9.47. The minimum Gasteiger partial charge on any atom is -0.354 e. The Balaban J connectivity index is 1.60. The van der Waals surface area contributed by atoms with Crippen LogP contribution in [0.4, 0.5) is 5.69 Å². The third kappa shape index (κ3) is 4.77. The first-order valence-electron chi connectivity index (χ1n) is 11.4. The summed E-state index contributed by atoms with van der Waals surface area (Å²) in [5, 5.41) is 5.32. The van der Waals surface area contributed by atoms with Gasteiger partial charge in [-0.3, -0.25) is 19.3 Å². The Kier molecular flexibility index (Phi) is 6.89. The second kappa shape index (κ2) is 9.85. The van der Waals surface area contributed by atoms with Gasteiger partial charge in [0.1, 0.15) is 12.6 Å². The number of amides is 3. The highest BCUT2D eigenvalue weighted by Gasteiger charge is 2.34. The Labute approximate surface area is 204 Å². The van der Waals surface area contributed by atoms with Crippen molar-refractivity contribution in [2.24, 2.45) is 5.92 Å². The number of carbonyl (C=O) groups excluding carboxylic acids is 3. The average Bonchev–Trinajstić information content (AvgIpc) is 3.09. The van der Waals surface area contributed by atoms with Crippen molar-refractivity contribution >= 4 is 45.8 Å². The smallest absolute Gasteiger partial charge is 0.259 e. The normalized spacial score (nSPS) is 13.4. The molecule has 0 bridgehead atoms. The highest BCUT2D eigenvalue weighted by molar-refractivity contribution is 6.30. The van der Waals surface area contributed by atoms with Crippen molar-refractivity contribution in [2.45, 2.75) is 33.4 Å². The van der Waals surface area contributed by atoms with Crippen molar-refractivity contribution in [1.29, 1.82) is 0 Å². The molecule has 0 saturated heterocycles. The van der Waals surface area contributed by atoms with E-state index in [4.69, 9.17) is 11.6 Å². The minimum atomic E-state index is -0.710. The van der Waals surface area contributed by atoms with E-state index in [0.29, 0.717) is 17.1 Å². The maximum atomic E-state index is 13.6. The zero-order valence-electron chi connectivity index (χ0n) is 19.5. The van der Waals surface area contributed by atoms with E-state index in [1.165, 1.54) is 9.80 Å². The summed E-state index contributed by atoms with van der Waals surface area (Å²) in [7, 11) is 0. The van der Waals surface area contributed by atoms with Crippen molar-refractivity contribution in [3.63, 3.8) is 0 Å². The van der Waals surface area contributed by atoms with Crippen LogP contribution in [0.3, 0.4) is 0 Å². The molecule has 0 aromatic heterocycles. The minimum absolute atomic E-state index is 0.151. The maximum Gasteiger partial charge on any atom is 0.259 e. The van der Waals surface area contributed by atoms with Crippen molar-refractivity contribution in [1.82, 2.24) is 10.2 Å². The zero-order valence-corrected chi connectivity index (χ0v) is 20.3. The third-order valence-electron chi connectivity index (χ3n) is 6.06. The lowest BCUT2D eigenvalue weighted by Gasteiger charge is -2.31. The van der Waals surface area contributed by atoms with Crippen molar-refractivity contribution in [3.8, 4) is 0 Å². The van der Waals surface area contributed by atoms with Crippen LogP contribution >= 0.6 is 11.6 Å². The van der Waals surface area contributed by atoms with Crippen molar-refractivity contribution < 1.29 is 14.4 Å². The molecule has 1 N–H and O–H groups in total. The molecule has 1 atom stereocenters. The predicted molar refractivity (Wildman–Crippen MR) is 135 cm³/mol. The molecule has 0 spiro atoms. The van der Waals surface area contributed by atoms with Gasteiger partial charge in [0.2, 0.25) is 11.8 Å². The standard InChI is InChI=1S/C27H28ClN3O3/c1-17(2)14-29-26(33)18(3)30(15-19-10-12-21(28)13-11-19)24(32)16-31-23-9-5-7-20-6-4-8-22(25(20)23)27(31)34/h4-13,17-18H,14-16H2,1-3H3,(H,29,33). The van der Waals surface area contributed by atoms with Crippen LogP contribution in [-0.2, 0) is 16.1 Å². The summed E-state index contributed by atoms with van der Waals surface area (Å²) in [5.41, 5.74) is 2.15. The fourth-order valence-electron chi connectivity index (χ4n) is 4.18. The maximum absolute atomic E-state index is 13.6. The first-order chi connectivity index (χ1) is 16.3. The Hall–Kier alpha value is -3.38. The monoisotopic (exact) mass is 477 g/mol. The molecule has 3 amide bonds. The van der Waals surface area contributed by atoms with E-state index in [1.54, 1.807) is 25.1 Å². The van der Waals surface area contributed by atoms with Gasteiger partial charge >= 0.3 is 0 Å². The van der Waals surface area contributed by atoms with Gasteiger partial charge in [-0.25, -0.2) is 0 Å². The van der Waals surface area contributed by atoms with Gasteiger partial charge in [0, 0.05) is 29.1 Å². The summed E-state index contributed by atoms with van der Waals surface area (Å²) in [6, 6.07) is 17.7. The summed E-state index contributed by atoms with van der Waals surface area (Å²) >= 11 is 6.02. The Bertz CT molecular complexity index is 1230. The second-order valence-electron chi connectivity index (χ2n) is 9.04. The number of halogens is 1. The van der Waals surface area contributed by atoms with Gasteiger partial charge in [0.25, 0.3) is 5.91 Å². The molecule has 6 nitrogen and oxygen atoms in total. The van der Waals surface area contributed by atoms with Crippen LogP contribution in [0.5, 0.6) is 0 Å². The van der Waals surface area contributed by atoms with Crippen LogP contribution in [-0.4, -0.2) is 41.8 Å². The van der Waals surface area contributed by atoms with Crippen LogP contribution in [0, 0.1) is 5.92 Å². The highest BCUT2D eigenvalue weighted by Crippen LogP contribution is 2.37. The van der Waals surface area contributed by atoms with E-state index >= 15 is 0 Å². The van der Waals surface area contributed by atoms with E-state index in [0.717, 1.165) is 22.0 Å². The number of nitrogens with zero attached hydrogens (tertiary/aromatic N) is 2. The largest absolute Gasteiger partial charge is 0.354 e. The summed E-state index contributed by atoms with van der Waals surface area (Å²) in [5.74, 6) is -0.448. The summed E-state index contributed by atoms with van der Waals surface area (Å²) in [4.78, 5) is 42.7. The Morgan fingerprint density at radius 2 is 1.68 bits per heavy atom. The number of benzene rings is 3. The van der Waals surface area contributed by atoms with Crippen molar-refractivity contribution in [3.05, 3.63) is 76.8 Å². The molecule has 0 saturated carbocycles. The van der Waals surface area contributed by atoms with Crippen LogP contribution in [0.1, 0.15) is 36.7 Å². The van der Waals surface area contributed by atoms with Crippen LogP contribution in [0.2, 0.25) is 5.02 Å². The first kappa shape index (κ1) is 23.8. The molecule has 4 rings (SSSR count). The topological polar surface area (TPSA) is 69.7 Å². The zero-order chi connectivity index (χ0) is 24.4. The number of hydrogen-bond acceptors (Lipinski definition) is 3. The van der Waals surface area contributed by atoms with Gasteiger partial charge in [0.05, 0.1) is 5.69 Å². The van der Waals surface area contributed by atoms with Gasteiger partial charge < -0.3 is 10.2 Å². The van der Waals surface area contributed by atoms with Crippen molar-refractivity contribution in [2.75, 3.05) is 18.0 Å². The molecular formula is C27H28ClN3O3. The highest BCUT2D eigenvalue weighted by atomic mass is 35.5. The van der Waals surface area contributed by atoms with Gasteiger partial charge in [-0.2, -0.15) is 0 Å². The molecule has 1 aliphatic rings. The number of rotatable bonds is 8. The first-order valence-corrected chi connectivity index (χ1v) is 11.8. The number of nitrogens with one attached hydrogen (secondary N) is 1. The summed E-state index contributed by atoms with van der Waals surface area (Å²) in [6.45, 7) is 6.34. The molecule has 1 aliphatic heterocycles. The fraction of sp³-hybridized carbons (Fsp3) is 0.296. The molecule has 3 aromatic carbocycles. The van der Waals surface area contributed by atoms with Gasteiger partial charge in [0.15, 0.2) is 0 Å². The van der Waals surface area contributed by atoms with Gasteiger partial charge in [-0.15, -0.1) is 0 Å². The van der Waals surface area contributed by atoms with E-state index in [-0.39, 0.29) is 36.7 Å². The molecule has 176 valence electrons. The molecular weight excluding hydrogens is 450 g/mol. The van der Waals surface area contributed by atoms with Crippen LogP contribution in [0.25, 0.3) is 10.8 Å². The summed E-state index contributed by atoms with van der Waals surface area (Å²) < 4.78 is 0. The molecule has 34 heavy (non-hydrogen) atoms. The number of carbonyl (C=O) groups is 3. The fourth-order valence-corrected chi connectivity index (χ4v) is 4.31. The molecule has 0 aliphatic carbocycles.